The highest BCUT2D eigenvalue weighted by Crippen LogP contribution is 2.48. The summed E-state index contributed by atoms with van der Waals surface area (Å²) in [5.41, 5.74) is 15.5. The molecule has 0 saturated heterocycles. The third kappa shape index (κ3) is 6.55. The molecule has 0 fully saturated rings. The summed E-state index contributed by atoms with van der Waals surface area (Å²) in [5, 5.41) is 7.59. The summed E-state index contributed by atoms with van der Waals surface area (Å²) < 4.78 is 2.56. The minimum atomic E-state index is 1.10. The van der Waals surface area contributed by atoms with Crippen molar-refractivity contribution in [3.8, 4) is 55.6 Å². The van der Waals surface area contributed by atoms with Crippen molar-refractivity contribution in [2.24, 2.45) is 0 Å². The maximum atomic E-state index is 2.45. The van der Waals surface area contributed by atoms with Crippen LogP contribution >= 0.6 is 11.3 Å². The average Bonchev–Trinajstić information content (AvgIpc) is 3.77. The molecule has 300 valence electrons. The van der Waals surface area contributed by atoms with Gasteiger partial charge in [-0.1, -0.05) is 206 Å². The second-order valence-corrected chi connectivity index (χ2v) is 17.4. The number of hydrogen-bond acceptors (Lipinski definition) is 2. The van der Waals surface area contributed by atoms with Crippen LogP contribution in [0.25, 0.3) is 97.4 Å². The van der Waals surface area contributed by atoms with E-state index in [0.717, 1.165) is 17.1 Å². The van der Waals surface area contributed by atoms with E-state index < -0.39 is 0 Å². The van der Waals surface area contributed by atoms with Crippen molar-refractivity contribution in [1.82, 2.24) is 0 Å². The summed E-state index contributed by atoms with van der Waals surface area (Å²) in [6.07, 6.45) is 0. The molecule has 0 aliphatic heterocycles. The lowest BCUT2D eigenvalue weighted by atomic mass is 9.84. The number of benzene rings is 11. The molecule has 0 aliphatic carbocycles. The molecule has 12 rings (SSSR count). The lowest BCUT2D eigenvalue weighted by molar-refractivity contribution is 1.30. The first kappa shape index (κ1) is 37.7. The predicted octanol–water partition coefficient (Wildman–Crippen LogP) is 18.2. The highest BCUT2D eigenvalue weighted by molar-refractivity contribution is 7.26. The van der Waals surface area contributed by atoms with Crippen molar-refractivity contribution in [2.75, 3.05) is 4.90 Å². The Balaban J connectivity index is 1.05. The molecule has 2 heteroatoms. The van der Waals surface area contributed by atoms with Crippen LogP contribution in [0.4, 0.5) is 17.1 Å². The Bertz CT molecular complexity index is 3630. The van der Waals surface area contributed by atoms with Gasteiger partial charge in [-0.05, 0) is 120 Å². The largest absolute Gasteiger partial charge is 0.309 e. The fraction of sp³-hybridized carbons (Fsp3) is 0. The van der Waals surface area contributed by atoms with Crippen molar-refractivity contribution in [3.05, 3.63) is 249 Å². The summed E-state index contributed by atoms with van der Waals surface area (Å²) in [6.45, 7) is 0. The Hall–Kier alpha value is -8.04. The molecule has 0 aliphatic rings. The van der Waals surface area contributed by atoms with E-state index in [9.17, 15) is 0 Å². The Morgan fingerprint density at radius 2 is 0.766 bits per heavy atom. The summed E-state index contributed by atoms with van der Waals surface area (Å²) in [5.74, 6) is 0. The van der Waals surface area contributed by atoms with Crippen molar-refractivity contribution < 1.29 is 0 Å². The molecule has 0 unspecified atom stereocenters. The third-order valence-electron chi connectivity index (χ3n) is 12.7. The lowest BCUT2D eigenvalue weighted by Gasteiger charge is -2.27. The van der Waals surface area contributed by atoms with Crippen LogP contribution in [0, 0.1) is 0 Å². The second-order valence-electron chi connectivity index (χ2n) is 16.4. The zero-order valence-corrected chi connectivity index (χ0v) is 35.8. The molecule has 0 spiro atoms. The summed E-state index contributed by atoms with van der Waals surface area (Å²) in [4.78, 5) is 2.45. The molecule has 12 aromatic rings. The van der Waals surface area contributed by atoms with Gasteiger partial charge >= 0.3 is 0 Å². The van der Waals surface area contributed by atoms with E-state index >= 15 is 0 Å². The van der Waals surface area contributed by atoms with Crippen LogP contribution in [0.3, 0.4) is 0 Å². The Kier molecular flexibility index (Phi) is 9.43. The summed E-state index contributed by atoms with van der Waals surface area (Å²) in [6, 6.07) is 90.9. The monoisotopic (exact) mass is 831 g/mol. The van der Waals surface area contributed by atoms with E-state index in [4.69, 9.17) is 0 Å². The standard InChI is InChI=1S/C62H41NS/c1-5-18-43(19-6-1)50-39-37-49(41-56(50)44-20-7-2-8-21-44)63(58-30-17-29-55-53-27-15-16-31-59(53)64-62(55)58)48-35-32-42(33-36-48)47-34-38-52-51-26-13-14-28-54(51)60(45-22-9-3-10-23-45)61(57(52)40-47)46-24-11-4-12-25-46/h1-41H. The number of nitrogens with zero attached hydrogens (tertiary/aromatic N) is 1. The van der Waals surface area contributed by atoms with Gasteiger partial charge in [0.1, 0.15) is 0 Å². The van der Waals surface area contributed by atoms with Gasteiger partial charge in [-0.3, -0.25) is 0 Å². The van der Waals surface area contributed by atoms with Crippen LogP contribution in [-0.4, -0.2) is 0 Å². The number of rotatable bonds is 8. The molecule has 0 atom stereocenters. The summed E-state index contributed by atoms with van der Waals surface area (Å²) >= 11 is 1.87. The van der Waals surface area contributed by atoms with Crippen molar-refractivity contribution in [3.63, 3.8) is 0 Å². The third-order valence-corrected chi connectivity index (χ3v) is 13.9. The Morgan fingerprint density at radius 1 is 0.266 bits per heavy atom. The van der Waals surface area contributed by atoms with E-state index in [1.54, 1.807) is 0 Å². The van der Waals surface area contributed by atoms with Gasteiger partial charge in [0, 0.05) is 26.8 Å². The van der Waals surface area contributed by atoms with E-state index in [1.165, 1.54) is 97.4 Å². The molecule has 1 aromatic heterocycles. The molecule has 0 N–H and O–H groups in total. The quantitative estimate of drug-likeness (QED) is 0.138. The number of thiophene rings is 1. The maximum Gasteiger partial charge on any atom is 0.0640 e. The van der Waals surface area contributed by atoms with Crippen molar-refractivity contribution in [2.45, 2.75) is 0 Å². The van der Waals surface area contributed by atoms with Gasteiger partial charge in [0.15, 0.2) is 0 Å². The van der Waals surface area contributed by atoms with E-state index in [-0.39, 0.29) is 0 Å². The predicted molar refractivity (Wildman–Crippen MR) is 276 cm³/mol. The second kappa shape index (κ2) is 16.0. The van der Waals surface area contributed by atoms with Crippen LogP contribution in [0.5, 0.6) is 0 Å². The smallest absolute Gasteiger partial charge is 0.0640 e. The Morgan fingerprint density at radius 3 is 1.44 bits per heavy atom. The molecule has 11 aromatic carbocycles. The molecule has 0 radical (unpaired) electrons. The van der Waals surface area contributed by atoms with Gasteiger partial charge in [0.05, 0.1) is 10.4 Å². The van der Waals surface area contributed by atoms with Gasteiger partial charge in [-0.2, -0.15) is 0 Å². The maximum absolute atomic E-state index is 2.45. The zero-order valence-electron chi connectivity index (χ0n) is 35.0. The molecular weight excluding hydrogens is 791 g/mol. The number of hydrogen-bond donors (Lipinski definition) is 0. The molecule has 64 heavy (non-hydrogen) atoms. The van der Waals surface area contributed by atoms with E-state index in [0.29, 0.717) is 0 Å². The van der Waals surface area contributed by atoms with Gasteiger partial charge < -0.3 is 4.90 Å². The average molecular weight is 832 g/mol. The van der Waals surface area contributed by atoms with Crippen molar-refractivity contribution in [1.29, 1.82) is 0 Å². The number of fused-ring (bicyclic) bond motifs is 6. The van der Waals surface area contributed by atoms with Crippen LogP contribution in [0.2, 0.25) is 0 Å². The highest BCUT2D eigenvalue weighted by atomic mass is 32.1. The van der Waals surface area contributed by atoms with Crippen LogP contribution in [0.15, 0.2) is 249 Å². The fourth-order valence-electron chi connectivity index (χ4n) is 9.72. The Labute approximate surface area is 377 Å². The first-order valence-electron chi connectivity index (χ1n) is 21.9. The molecule has 1 nitrogen and oxygen atoms in total. The fourth-order valence-corrected chi connectivity index (χ4v) is 10.9. The van der Waals surface area contributed by atoms with Crippen molar-refractivity contribution >= 4 is 70.1 Å². The SMILES string of the molecule is c1ccc(-c2ccc(N(c3ccc(-c4ccc5c(c4)c(-c4ccccc4)c(-c4ccccc4)c4ccccc45)cc3)c3cccc4c3sc3ccccc34)cc2-c2ccccc2)cc1. The van der Waals surface area contributed by atoms with Gasteiger partial charge in [0.2, 0.25) is 0 Å². The highest BCUT2D eigenvalue weighted by Gasteiger charge is 2.22. The molecule has 1 heterocycles. The molecule has 0 saturated carbocycles. The summed E-state index contributed by atoms with van der Waals surface area (Å²) in [7, 11) is 0. The first-order chi connectivity index (χ1) is 31.8. The minimum Gasteiger partial charge on any atom is -0.309 e. The molecule has 0 bridgehead atoms. The van der Waals surface area contributed by atoms with E-state index in [2.05, 4.69) is 254 Å². The first-order valence-corrected chi connectivity index (χ1v) is 22.7. The van der Waals surface area contributed by atoms with Crippen LogP contribution in [-0.2, 0) is 0 Å². The zero-order chi connectivity index (χ0) is 42.4. The lowest BCUT2D eigenvalue weighted by Crippen LogP contribution is -2.10. The minimum absolute atomic E-state index is 1.10. The van der Waals surface area contributed by atoms with Gasteiger partial charge in [-0.15, -0.1) is 11.3 Å². The van der Waals surface area contributed by atoms with Crippen LogP contribution in [0.1, 0.15) is 0 Å². The van der Waals surface area contributed by atoms with E-state index in [1.807, 2.05) is 11.3 Å². The van der Waals surface area contributed by atoms with Gasteiger partial charge in [0.25, 0.3) is 0 Å². The molecular formula is C62H41NS. The van der Waals surface area contributed by atoms with Crippen LogP contribution < -0.4 is 4.90 Å². The molecule has 0 amide bonds. The number of anilines is 3. The topological polar surface area (TPSA) is 3.24 Å². The van der Waals surface area contributed by atoms with Gasteiger partial charge in [-0.25, -0.2) is 0 Å². The normalized spacial score (nSPS) is 11.4.